The molecule has 3 heteroatoms. The van der Waals surface area contributed by atoms with Gasteiger partial charge in [0.1, 0.15) is 5.82 Å². The Bertz CT molecular complexity index is 429. The highest BCUT2D eigenvalue weighted by Crippen LogP contribution is 2.34. The molecule has 0 aromatic heterocycles. The monoisotopic (exact) mass is 294 g/mol. The van der Waals surface area contributed by atoms with E-state index in [-0.39, 0.29) is 17.4 Å². The molecule has 0 bridgehead atoms. The van der Waals surface area contributed by atoms with E-state index in [1.165, 1.54) is 6.07 Å². The summed E-state index contributed by atoms with van der Waals surface area (Å²) < 4.78 is 14.1. The Balaban J connectivity index is 3.05. The first-order valence-corrected chi connectivity index (χ1v) is 8.09. The molecule has 3 atom stereocenters. The van der Waals surface area contributed by atoms with Crippen LogP contribution in [-0.2, 0) is 0 Å². The summed E-state index contributed by atoms with van der Waals surface area (Å²) in [6.07, 6.45) is 3.17. The van der Waals surface area contributed by atoms with Crippen LogP contribution in [0.15, 0.2) is 24.3 Å². The molecule has 0 heterocycles. The van der Waals surface area contributed by atoms with Crippen LogP contribution in [0.2, 0.25) is 0 Å². The first-order valence-electron chi connectivity index (χ1n) is 8.09. The van der Waals surface area contributed by atoms with Crippen molar-refractivity contribution in [1.29, 1.82) is 0 Å². The second-order valence-corrected chi connectivity index (χ2v) is 6.31. The maximum absolute atomic E-state index is 14.1. The van der Waals surface area contributed by atoms with Gasteiger partial charge in [-0.05, 0) is 38.8 Å². The topological polar surface area (TPSA) is 29.3 Å². The van der Waals surface area contributed by atoms with Crippen LogP contribution in [0, 0.1) is 11.7 Å². The van der Waals surface area contributed by atoms with Crippen molar-refractivity contribution < 1.29 is 4.39 Å². The van der Waals surface area contributed by atoms with Crippen molar-refractivity contribution in [2.75, 3.05) is 13.6 Å². The first kappa shape index (κ1) is 18.1. The summed E-state index contributed by atoms with van der Waals surface area (Å²) in [5.41, 5.74) is 6.81. The SMILES string of the molecule is CCC(C)CC(CC)(CN)N(C)C(C)c1ccccc1F. The number of likely N-dealkylation sites (N-methyl/N-ethyl adjacent to an activating group) is 1. The molecular weight excluding hydrogens is 263 g/mol. The first-order chi connectivity index (χ1) is 9.91. The molecule has 1 aromatic carbocycles. The zero-order valence-corrected chi connectivity index (χ0v) is 14.2. The van der Waals surface area contributed by atoms with Gasteiger partial charge in [0.2, 0.25) is 0 Å². The zero-order valence-electron chi connectivity index (χ0n) is 14.2. The average Bonchev–Trinajstić information content (AvgIpc) is 2.51. The smallest absolute Gasteiger partial charge is 0.127 e. The van der Waals surface area contributed by atoms with Crippen LogP contribution in [-0.4, -0.2) is 24.0 Å². The van der Waals surface area contributed by atoms with E-state index in [4.69, 9.17) is 5.73 Å². The summed E-state index contributed by atoms with van der Waals surface area (Å²) in [6.45, 7) is 9.32. The van der Waals surface area contributed by atoms with Crippen molar-refractivity contribution in [2.24, 2.45) is 11.7 Å². The molecule has 120 valence electrons. The average molecular weight is 294 g/mol. The number of hydrogen-bond acceptors (Lipinski definition) is 2. The maximum atomic E-state index is 14.1. The van der Waals surface area contributed by atoms with Gasteiger partial charge in [-0.1, -0.05) is 45.4 Å². The highest BCUT2D eigenvalue weighted by molar-refractivity contribution is 5.21. The van der Waals surface area contributed by atoms with Gasteiger partial charge in [-0.15, -0.1) is 0 Å². The number of benzene rings is 1. The second kappa shape index (κ2) is 7.90. The van der Waals surface area contributed by atoms with E-state index in [0.29, 0.717) is 12.5 Å². The molecule has 1 rings (SSSR count). The van der Waals surface area contributed by atoms with Crippen LogP contribution in [0.3, 0.4) is 0 Å². The maximum Gasteiger partial charge on any atom is 0.127 e. The molecule has 0 fully saturated rings. The largest absolute Gasteiger partial charge is 0.329 e. The van der Waals surface area contributed by atoms with Gasteiger partial charge in [0.25, 0.3) is 0 Å². The van der Waals surface area contributed by atoms with Crippen molar-refractivity contribution in [3.63, 3.8) is 0 Å². The van der Waals surface area contributed by atoms with Crippen molar-refractivity contribution in [2.45, 2.75) is 58.5 Å². The quantitative estimate of drug-likeness (QED) is 0.771. The molecule has 0 spiro atoms. The summed E-state index contributed by atoms with van der Waals surface area (Å²) >= 11 is 0. The van der Waals surface area contributed by atoms with Gasteiger partial charge in [-0.2, -0.15) is 0 Å². The van der Waals surface area contributed by atoms with Crippen molar-refractivity contribution in [1.82, 2.24) is 4.90 Å². The van der Waals surface area contributed by atoms with Gasteiger partial charge in [-0.3, -0.25) is 4.90 Å². The Morgan fingerprint density at radius 2 is 1.86 bits per heavy atom. The summed E-state index contributed by atoms with van der Waals surface area (Å²) in [4.78, 5) is 2.28. The second-order valence-electron chi connectivity index (χ2n) is 6.31. The third-order valence-electron chi connectivity index (χ3n) is 5.15. The lowest BCUT2D eigenvalue weighted by atomic mass is 9.82. The molecule has 0 saturated carbocycles. The molecule has 0 aliphatic carbocycles. The van der Waals surface area contributed by atoms with Crippen molar-refractivity contribution in [3.8, 4) is 0 Å². The normalized spacial score (nSPS) is 17.5. The van der Waals surface area contributed by atoms with Crippen LogP contribution in [0.1, 0.15) is 58.6 Å². The van der Waals surface area contributed by atoms with E-state index in [0.717, 1.165) is 24.8 Å². The molecule has 0 radical (unpaired) electrons. The molecule has 3 unspecified atom stereocenters. The minimum Gasteiger partial charge on any atom is -0.329 e. The van der Waals surface area contributed by atoms with E-state index in [1.807, 2.05) is 12.1 Å². The van der Waals surface area contributed by atoms with Gasteiger partial charge in [-0.25, -0.2) is 4.39 Å². The van der Waals surface area contributed by atoms with E-state index < -0.39 is 0 Å². The van der Waals surface area contributed by atoms with Crippen LogP contribution in [0.5, 0.6) is 0 Å². The molecule has 1 aromatic rings. The highest BCUT2D eigenvalue weighted by atomic mass is 19.1. The highest BCUT2D eigenvalue weighted by Gasteiger charge is 2.36. The Labute approximate surface area is 129 Å². The lowest BCUT2D eigenvalue weighted by molar-refractivity contribution is 0.0562. The Hall–Kier alpha value is -0.930. The summed E-state index contributed by atoms with van der Waals surface area (Å²) in [6, 6.07) is 7.05. The number of nitrogens with zero attached hydrogens (tertiary/aromatic N) is 1. The Kier molecular flexibility index (Phi) is 6.82. The summed E-state index contributed by atoms with van der Waals surface area (Å²) in [7, 11) is 2.08. The van der Waals surface area contributed by atoms with Gasteiger partial charge in [0.15, 0.2) is 0 Å². The molecule has 21 heavy (non-hydrogen) atoms. The molecule has 2 nitrogen and oxygen atoms in total. The van der Waals surface area contributed by atoms with E-state index in [9.17, 15) is 4.39 Å². The summed E-state index contributed by atoms with van der Waals surface area (Å²) in [5, 5.41) is 0. The minimum atomic E-state index is -0.137. The van der Waals surface area contributed by atoms with Crippen LogP contribution < -0.4 is 5.73 Å². The fraction of sp³-hybridized carbons (Fsp3) is 0.667. The zero-order chi connectivity index (χ0) is 16.0. The van der Waals surface area contributed by atoms with Gasteiger partial charge in [0, 0.05) is 23.7 Å². The molecule has 0 aliphatic rings. The standard InChI is InChI=1S/C18H31FN2/c1-6-14(3)12-18(7-2,13-20)21(5)15(4)16-10-8-9-11-17(16)19/h8-11,14-15H,6-7,12-13,20H2,1-5H3. The van der Waals surface area contributed by atoms with Crippen molar-refractivity contribution in [3.05, 3.63) is 35.6 Å². The van der Waals surface area contributed by atoms with E-state index in [2.05, 4.69) is 39.6 Å². The predicted octanol–water partition coefficient (Wildman–Crippen LogP) is 4.36. The molecule has 0 aliphatic heterocycles. The lowest BCUT2D eigenvalue weighted by Crippen LogP contribution is -2.53. The molecule has 0 amide bonds. The van der Waals surface area contributed by atoms with E-state index in [1.54, 1.807) is 6.07 Å². The van der Waals surface area contributed by atoms with Crippen LogP contribution >= 0.6 is 0 Å². The third-order valence-corrected chi connectivity index (χ3v) is 5.15. The molecular formula is C18H31FN2. The number of nitrogens with two attached hydrogens (primary N) is 1. The summed E-state index contributed by atoms with van der Waals surface area (Å²) in [5.74, 6) is 0.478. The van der Waals surface area contributed by atoms with Crippen molar-refractivity contribution >= 4 is 0 Å². The Morgan fingerprint density at radius 1 is 1.24 bits per heavy atom. The van der Waals surface area contributed by atoms with Crippen LogP contribution in [0.4, 0.5) is 4.39 Å². The fourth-order valence-corrected chi connectivity index (χ4v) is 3.14. The number of halogens is 1. The minimum absolute atomic E-state index is 0.0127. The van der Waals surface area contributed by atoms with Gasteiger partial charge >= 0.3 is 0 Å². The number of rotatable bonds is 8. The number of hydrogen-bond donors (Lipinski definition) is 1. The lowest BCUT2D eigenvalue weighted by Gasteiger charge is -2.45. The predicted molar refractivity (Wildman–Crippen MR) is 88.7 cm³/mol. The van der Waals surface area contributed by atoms with Gasteiger partial charge < -0.3 is 5.73 Å². The Morgan fingerprint density at radius 3 is 2.33 bits per heavy atom. The molecule has 2 N–H and O–H groups in total. The molecule has 0 saturated heterocycles. The van der Waals surface area contributed by atoms with Gasteiger partial charge in [0.05, 0.1) is 0 Å². The van der Waals surface area contributed by atoms with Crippen LogP contribution in [0.25, 0.3) is 0 Å². The third kappa shape index (κ3) is 4.04. The van der Waals surface area contributed by atoms with E-state index >= 15 is 0 Å². The fourth-order valence-electron chi connectivity index (χ4n) is 3.14.